The molecule has 0 heterocycles. The molecular weight excluding hydrogens is 581 g/mol. The lowest BCUT2D eigenvalue weighted by molar-refractivity contribution is -0.142. The number of methoxy groups -OCH3 is 1. The Labute approximate surface area is 254 Å². The Hall–Kier alpha value is -3.95. The van der Waals surface area contributed by atoms with Crippen molar-refractivity contribution in [2.45, 2.75) is 44.8 Å². The third-order valence-electron chi connectivity index (χ3n) is 7.29. The highest BCUT2D eigenvalue weighted by Crippen LogP contribution is 2.30. The number of hydrogen-bond donors (Lipinski definition) is 4. The Morgan fingerprint density at radius 2 is 1.50 bits per heavy atom. The number of carboxylic acid groups (broad SMARTS) is 1. The van der Waals surface area contributed by atoms with Crippen molar-refractivity contribution in [3.05, 3.63) is 87.9 Å². The lowest BCUT2D eigenvalue weighted by atomic mass is 9.81. The first-order valence-corrected chi connectivity index (χ1v) is 14.4. The van der Waals surface area contributed by atoms with Crippen molar-refractivity contribution in [2.24, 2.45) is 11.8 Å². The summed E-state index contributed by atoms with van der Waals surface area (Å²) in [5, 5.41) is 13.5. The topological polar surface area (TPSA) is 126 Å². The lowest BCUT2D eigenvalue weighted by Gasteiger charge is -2.28. The maximum Gasteiger partial charge on any atom is 0.326 e. The summed E-state index contributed by atoms with van der Waals surface area (Å²) >= 11 is 12.4. The molecule has 4 N–H and O–H groups in total. The van der Waals surface area contributed by atoms with Crippen LogP contribution in [0.15, 0.2) is 66.7 Å². The van der Waals surface area contributed by atoms with Crippen LogP contribution in [0.25, 0.3) is 0 Å². The predicted molar refractivity (Wildman–Crippen MR) is 161 cm³/mol. The van der Waals surface area contributed by atoms with Crippen LogP contribution in [0.5, 0.6) is 11.5 Å². The third kappa shape index (κ3) is 8.53. The van der Waals surface area contributed by atoms with Gasteiger partial charge in [-0.25, -0.2) is 4.79 Å². The van der Waals surface area contributed by atoms with Gasteiger partial charge in [0.25, 0.3) is 0 Å². The number of carbonyl (C=O) groups is 3. The molecule has 0 aliphatic heterocycles. The molecule has 3 aromatic carbocycles. The number of benzene rings is 3. The molecule has 3 aromatic rings. The summed E-state index contributed by atoms with van der Waals surface area (Å²) in [6.45, 7) is 0.189. The molecule has 1 saturated carbocycles. The first-order valence-electron chi connectivity index (χ1n) is 13.6. The number of hydrazine groups is 1. The number of halogens is 2. The van der Waals surface area contributed by atoms with Crippen molar-refractivity contribution < 1.29 is 29.0 Å². The van der Waals surface area contributed by atoms with Crippen molar-refractivity contribution in [3.63, 3.8) is 0 Å². The van der Waals surface area contributed by atoms with Crippen LogP contribution in [0.3, 0.4) is 0 Å². The van der Waals surface area contributed by atoms with Crippen LogP contribution in [0.2, 0.25) is 10.0 Å². The molecule has 222 valence electrons. The summed E-state index contributed by atoms with van der Waals surface area (Å²) in [6.07, 6.45) is 2.17. The fourth-order valence-corrected chi connectivity index (χ4v) is 5.33. The van der Waals surface area contributed by atoms with Crippen LogP contribution in [0.1, 0.15) is 36.8 Å². The van der Waals surface area contributed by atoms with Crippen molar-refractivity contribution in [1.82, 2.24) is 10.7 Å². The standard InChI is InChI=1S/C31H33Cl2N3O6/c1-41-24-5-2-4-22(17-24)35-36-30(38)21-12-10-20(11-13-21)29(37)34-28(31(39)40)16-19-8-14-23(15-9-19)42-18-25-26(32)6-3-7-27(25)33/h2-9,14-15,17,20-21,28,35H,10-13,16,18H2,1H3,(H,34,37)(H,36,38)(H,39,40)/t20?,21?,28-/m0/s1. The number of ether oxygens (including phenoxy) is 2. The number of hydrogen-bond acceptors (Lipinski definition) is 6. The van der Waals surface area contributed by atoms with E-state index in [-0.39, 0.29) is 36.7 Å². The van der Waals surface area contributed by atoms with E-state index in [0.29, 0.717) is 58.5 Å². The number of rotatable bonds is 12. The van der Waals surface area contributed by atoms with Gasteiger partial charge in [0, 0.05) is 39.9 Å². The molecule has 9 nitrogen and oxygen atoms in total. The van der Waals surface area contributed by atoms with Gasteiger partial charge in [-0.2, -0.15) is 0 Å². The molecule has 0 radical (unpaired) electrons. The molecular formula is C31H33Cl2N3O6. The number of carboxylic acids is 1. The van der Waals surface area contributed by atoms with Crippen molar-refractivity contribution >= 4 is 46.7 Å². The molecule has 2 amide bonds. The zero-order chi connectivity index (χ0) is 30.1. The second-order valence-electron chi connectivity index (χ2n) is 10.1. The fraction of sp³-hybridized carbons (Fsp3) is 0.323. The van der Waals surface area contributed by atoms with Crippen LogP contribution in [0.4, 0.5) is 5.69 Å². The average Bonchev–Trinajstić information content (AvgIpc) is 3.00. The Balaban J connectivity index is 1.23. The predicted octanol–water partition coefficient (Wildman–Crippen LogP) is 5.64. The van der Waals surface area contributed by atoms with E-state index in [4.69, 9.17) is 32.7 Å². The van der Waals surface area contributed by atoms with Crippen molar-refractivity contribution in [1.29, 1.82) is 0 Å². The SMILES string of the molecule is COc1cccc(NNC(=O)C2CCC(C(=O)N[C@@H](Cc3ccc(OCc4c(Cl)cccc4Cl)cc3)C(=O)O)CC2)c1. The molecule has 1 aliphatic rings. The second-order valence-corrected chi connectivity index (χ2v) is 10.9. The third-order valence-corrected chi connectivity index (χ3v) is 8.00. The van der Waals surface area contributed by atoms with Gasteiger partial charge in [-0.1, -0.05) is 47.5 Å². The maximum absolute atomic E-state index is 12.9. The van der Waals surface area contributed by atoms with Gasteiger partial charge in [0.15, 0.2) is 0 Å². The highest BCUT2D eigenvalue weighted by molar-refractivity contribution is 6.35. The largest absolute Gasteiger partial charge is 0.497 e. The average molecular weight is 615 g/mol. The van der Waals surface area contributed by atoms with E-state index in [0.717, 1.165) is 5.56 Å². The van der Waals surface area contributed by atoms with E-state index in [1.807, 2.05) is 12.1 Å². The number of amides is 2. The molecule has 1 fully saturated rings. The van der Waals surface area contributed by atoms with E-state index in [1.54, 1.807) is 61.7 Å². The molecule has 0 unspecified atom stereocenters. The fourth-order valence-electron chi connectivity index (χ4n) is 4.83. The van der Waals surface area contributed by atoms with Gasteiger partial charge in [0.2, 0.25) is 11.8 Å². The van der Waals surface area contributed by atoms with Crippen molar-refractivity contribution in [2.75, 3.05) is 12.5 Å². The van der Waals surface area contributed by atoms with E-state index in [1.165, 1.54) is 0 Å². The van der Waals surface area contributed by atoms with Gasteiger partial charge in [0.05, 0.1) is 12.8 Å². The second kappa shape index (κ2) is 14.8. The molecule has 0 aromatic heterocycles. The normalized spacial score (nSPS) is 17.0. The smallest absolute Gasteiger partial charge is 0.326 e. The van der Waals surface area contributed by atoms with Gasteiger partial charge >= 0.3 is 5.97 Å². The molecule has 42 heavy (non-hydrogen) atoms. The minimum atomic E-state index is -1.12. The molecule has 0 bridgehead atoms. The van der Waals surface area contributed by atoms with Crippen molar-refractivity contribution in [3.8, 4) is 11.5 Å². The summed E-state index contributed by atoms with van der Waals surface area (Å²) in [6, 6.07) is 18.3. The first kappa shape index (κ1) is 31.0. The van der Waals surface area contributed by atoms with Crippen LogP contribution < -0.4 is 25.6 Å². The lowest BCUT2D eigenvalue weighted by Crippen LogP contribution is -2.46. The Morgan fingerprint density at radius 3 is 2.12 bits per heavy atom. The summed E-state index contributed by atoms with van der Waals surface area (Å²) in [5.41, 5.74) is 7.72. The summed E-state index contributed by atoms with van der Waals surface area (Å²) < 4.78 is 11.0. The summed E-state index contributed by atoms with van der Waals surface area (Å²) in [7, 11) is 1.57. The van der Waals surface area contributed by atoms with Crippen LogP contribution >= 0.6 is 23.2 Å². The molecule has 0 spiro atoms. The summed E-state index contributed by atoms with van der Waals surface area (Å²) in [4.78, 5) is 37.5. The number of carbonyl (C=O) groups excluding carboxylic acids is 2. The zero-order valence-corrected chi connectivity index (χ0v) is 24.6. The van der Waals surface area contributed by atoms with Gasteiger partial charge < -0.3 is 19.9 Å². The summed E-state index contributed by atoms with van der Waals surface area (Å²) in [5.74, 6) is -0.928. The van der Waals surface area contributed by atoms with E-state index in [2.05, 4.69) is 16.2 Å². The van der Waals surface area contributed by atoms with Gasteiger partial charge in [0.1, 0.15) is 24.1 Å². The van der Waals surface area contributed by atoms with Gasteiger partial charge in [-0.05, 0) is 67.6 Å². The van der Waals surface area contributed by atoms with Crippen LogP contribution in [0, 0.1) is 11.8 Å². The quantitative estimate of drug-likeness (QED) is 0.195. The minimum Gasteiger partial charge on any atom is -0.497 e. The zero-order valence-electron chi connectivity index (χ0n) is 23.1. The van der Waals surface area contributed by atoms with Gasteiger partial charge in [-0.3, -0.25) is 20.4 Å². The van der Waals surface area contributed by atoms with Crippen LogP contribution in [-0.4, -0.2) is 36.0 Å². The van der Waals surface area contributed by atoms with Crippen LogP contribution in [-0.2, 0) is 27.4 Å². The number of aliphatic carboxylic acids is 1. The van der Waals surface area contributed by atoms with E-state index in [9.17, 15) is 19.5 Å². The number of nitrogens with one attached hydrogen (secondary N) is 3. The highest BCUT2D eigenvalue weighted by atomic mass is 35.5. The monoisotopic (exact) mass is 613 g/mol. The first-order chi connectivity index (χ1) is 20.2. The van der Waals surface area contributed by atoms with E-state index < -0.39 is 12.0 Å². The molecule has 4 rings (SSSR count). The molecule has 1 atom stereocenters. The molecule has 1 aliphatic carbocycles. The number of anilines is 1. The maximum atomic E-state index is 12.9. The minimum absolute atomic E-state index is 0.116. The van der Waals surface area contributed by atoms with E-state index >= 15 is 0 Å². The Morgan fingerprint density at radius 1 is 0.881 bits per heavy atom. The highest BCUT2D eigenvalue weighted by Gasteiger charge is 2.32. The Bertz CT molecular complexity index is 1370. The Kier molecular flexibility index (Phi) is 10.9. The van der Waals surface area contributed by atoms with Gasteiger partial charge in [-0.15, -0.1) is 0 Å². The molecule has 0 saturated heterocycles. The molecule has 11 heteroatoms.